The minimum Gasteiger partial charge on any atom is -0.393 e. The molecule has 0 aliphatic heterocycles. The molecule has 1 aromatic carbocycles. The van der Waals surface area contributed by atoms with E-state index in [-0.39, 0.29) is 49.5 Å². The Hall–Kier alpha value is 0.700. The van der Waals surface area contributed by atoms with Crippen LogP contribution in [0.25, 0.3) is 0 Å². The van der Waals surface area contributed by atoms with E-state index < -0.39 is 0 Å². The van der Waals surface area contributed by atoms with E-state index in [0.717, 1.165) is 0 Å². The zero-order valence-electron chi connectivity index (χ0n) is 4.80. The molecule has 0 saturated heterocycles. The zero-order valence-corrected chi connectivity index (χ0v) is 8.68. The van der Waals surface area contributed by atoms with Crippen molar-refractivity contribution in [3.63, 3.8) is 0 Å². The molecule has 9 heavy (non-hydrogen) atoms. The fourth-order valence-corrected chi connectivity index (χ4v) is 0.407. The van der Waals surface area contributed by atoms with Crippen molar-refractivity contribution in [2.45, 2.75) is 0 Å². The Bertz CT molecular complexity index is 139. The van der Waals surface area contributed by atoms with E-state index in [0.29, 0.717) is 5.56 Å². The summed E-state index contributed by atoms with van der Waals surface area (Å²) < 4.78 is 0. The van der Waals surface area contributed by atoms with E-state index in [2.05, 4.69) is 6.07 Å². The van der Waals surface area contributed by atoms with Gasteiger partial charge in [0.25, 0.3) is 0 Å². The molecule has 1 rings (SSSR count). The van der Waals surface area contributed by atoms with Crippen LogP contribution in [0.4, 0.5) is 0 Å². The number of hydrogen-bond donors (Lipinski definition) is 0. The molecule has 0 unspecified atom stereocenters. The van der Waals surface area contributed by atoms with Crippen molar-refractivity contribution in [2.75, 3.05) is 0 Å². The molecule has 2 heteroatoms. The second-order valence-corrected chi connectivity index (χ2v) is 1.32. The summed E-state index contributed by atoms with van der Waals surface area (Å²) in [6.45, 7) is 5.30. The molecule has 0 aliphatic rings. The van der Waals surface area contributed by atoms with Crippen molar-refractivity contribution in [3.8, 4) is 0 Å². The van der Waals surface area contributed by atoms with Crippen LogP contribution >= 0.6 is 0 Å². The smallest absolute Gasteiger partial charge is 0 e. The summed E-state index contributed by atoms with van der Waals surface area (Å²) in [5, 5.41) is 0. The van der Waals surface area contributed by atoms with Crippen LogP contribution in [-0.4, -0.2) is 0 Å². The van der Waals surface area contributed by atoms with Crippen LogP contribution in [0, 0.1) is 13.0 Å². The van der Waals surface area contributed by atoms with Gasteiger partial charge in [0.1, 0.15) is 0 Å². The van der Waals surface area contributed by atoms with Crippen LogP contribution in [0.5, 0.6) is 0 Å². The van der Waals surface area contributed by atoms with Gasteiger partial charge in [-0.25, -0.2) is 0 Å². The Morgan fingerprint density at radius 1 is 1.33 bits per heavy atom. The Balaban J connectivity index is 0. The summed E-state index contributed by atoms with van der Waals surface area (Å²) in [6.07, 6.45) is 0. The van der Waals surface area contributed by atoms with Gasteiger partial charge in [0.2, 0.25) is 0 Å². The van der Waals surface area contributed by atoms with Gasteiger partial charge < -0.3 is 18.6 Å². The molecule has 0 heterocycles. The Morgan fingerprint density at radius 2 is 2.00 bits per heavy atom. The minimum atomic E-state index is 0. The number of rotatable bonds is 0. The summed E-state index contributed by atoms with van der Waals surface area (Å²) in [4.78, 5) is 0. The van der Waals surface area contributed by atoms with Crippen molar-refractivity contribution in [1.82, 2.24) is 0 Å². The van der Waals surface area contributed by atoms with E-state index in [9.17, 15) is 0 Å². The van der Waals surface area contributed by atoms with E-state index in [4.69, 9.17) is 6.92 Å². The first kappa shape index (κ1) is 12.4. The van der Waals surface area contributed by atoms with Gasteiger partial charge in [-0.2, -0.15) is 12.1 Å². The van der Waals surface area contributed by atoms with Crippen LogP contribution in [0.3, 0.4) is 0 Å². The van der Waals surface area contributed by atoms with Crippen molar-refractivity contribution < 1.29 is 49.5 Å². The molecule has 0 spiro atoms. The molecule has 0 saturated carbocycles. The van der Waals surface area contributed by atoms with Gasteiger partial charge in [-0.05, 0) is 0 Å². The third-order valence-electron chi connectivity index (χ3n) is 0.733. The molecule has 0 atom stereocenters. The third-order valence-corrected chi connectivity index (χ3v) is 0.733. The van der Waals surface area contributed by atoms with Crippen molar-refractivity contribution in [3.05, 3.63) is 42.8 Å². The Morgan fingerprint density at radius 3 is 2.22 bits per heavy atom. The molecular formula is C7H5CoY-2. The van der Waals surface area contributed by atoms with Crippen molar-refractivity contribution >= 4 is 0 Å². The average Bonchev–Trinajstić information content (AvgIpc) is 1.69. The topological polar surface area (TPSA) is 0 Å². The van der Waals surface area contributed by atoms with Crippen LogP contribution < -0.4 is 0 Å². The monoisotopic (exact) mass is 237 g/mol. The van der Waals surface area contributed by atoms with Crippen LogP contribution in [0.1, 0.15) is 5.56 Å². The maximum atomic E-state index is 5.30. The standard InChI is InChI=1S/C7H5.Co.Y/c1-7-5-3-2-4-6-7;;/h1-5H;;/q-2;;. The fraction of sp³-hybridized carbons (Fsp3) is 0. The minimum absolute atomic E-state index is 0. The molecule has 47 valence electrons. The molecule has 1 aromatic rings. The predicted molar refractivity (Wildman–Crippen MR) is 28.7 cm³/mol. The summed E-state index contributed by atoms with van der Waals surface area (Å²) in [6, 6.07) is 10.2. The maximum absolute atomic E-state index is 5.30. The number of benzene rings is 1. The SMILES string of the molecule is [CH-]c1[c-]cccc1.[Co].[Y]. The Labute approximate surface area is 91.5 Å². The fourth-order valence-electron chi connectivity index (χ4n) is 0.407. The molecule has 3 radical (unpaired) electrons. The average molecular weight is 237 g/mol. The summed E-state index contributed by atoms with van der Waals surface area (Å²) in [5.74, 6) is 0. The molecule has 0 fully saturated rings. The second-order valence-electron chi connectivity index (χ2n) is 1.32. The van der Waals surface area contributed by atoms with Gasteiger partial charge in [0.05, 0.1) is 0 Å². The largest absolute Gasteiger partial charge is 0.393 e. The van der Waals surface area contributed by atoms with Crippen LogP contribution in [0.2, 0.25) is 0 Å². The summed E-state index contributed by atoms with van der Waals surface area (Å²) >= 11 is 0. The van der Waals surface area contributed by atoms with Gasteiger partial charge in [-0.3, -0.25) is 6.07 Å². The molecule has 0 aromatic heterocycles. The first-order chi connectivity index (χ1) is 3.39. The summed E-state index contributed by atoms with van der Waals surface area (Å²) in [7, 11) is 0. The van der Waals surface area contributed by atoms with Crippen molar-refractivity contribution in [2.24, 2.45) is 0 Å². The van der Waals surface area contributed by atoms with E-state index in [1.165, 1.54) is 0 Å². The summed E-state index contributed by atoms with van der Waals surface area (Å²) in [5.41, 5.74) is 0.697. The van der Waals surface area contributed by atoms with Gasteiger partial charge >= 0.3 is 0 Å². The van der Waals surface area contributed by atoms with Crippen LogP contribution in [0.15, 0.2) is 24.3 Å². The van der Waals surface area contributed by atoms with E-state index in [1.54, 1.807) is 12.1 Å². The van der Waals surface area contributed by atoms with Gasteiger partial charge in [0.15, 0.2) is 0 Å². The Kier molecular flexibility index (Phi) is 9.38. The van der Waals surface area contributed by atoms with Gasteiger partial charge in [0, 0.05) is 49.5 Å². The predicted octanol–water partition coefficient (Wildman–Crippen LogP) is 1.54. The normalized spacial score (nSPS) is 6.67. The van der Waals surface area contributed by atoms with E-state index >= 15 is 0 Å². The third kappa shape index (κ3) is 5.16. The number of hydrogen-bond acceptors (Lipinski definition) is 0. The molecular weight excluding hydrogens is 232 g/mol. The first-order valence-corrected chi connectivity index (χ1v) is 2.12. The molecule has 0 amide bonds. The van der Waals surface area contributed by atoms with Gasteiger partial charge in [-0.15, -0.1) is 6.07 Å². The zero-order chi connectivity index (χ0) is 5.11. The second kappa shape index (κ2) is 6.82. The molecule has 0 nitrogen and oxygen atoms in total. The maximum Gasteiger partial charge on any atom is 0 e. The van der Waals surface area contributed by atoms with Crippen molar-refractivity contribution in [1.29, 1.82) is 0 Å². The molecule has 0 bridgehead atoms. The molecule has 0 N–H and O–H groups in total. The molecule has 0 aliphatic carbocycles. The van der Waals surface area contributed by atoms with Gasteiger partial charge in [-0.1, -0.05) is 0 Å². The van der Waals surface area contributed by atoms with Crippen LogP contribution in [-0.2, 0) is 49.5 Å². The van der Waals surface area contributed by atoms with E-state index in [1.807, 2.05) is 12.1 Å². The quantitative estimate of drug-likeness (QED) is 0.600. The first-order valence-electron chi connectivity index (χ1n) is 2.12.